The Morgan fingerprint density at radius 1 is 0.385 bits per heavy atom. The van der Waals surface area contributed by atoms with Crippen molar-refractivity contribution in [1.29, 1.82) is 0 Å². The predicted octanol–water partition coefficient (Wildman–Crippen LogP) is 11.9. The summed E-state index contributed by atoms with van der Waals surface area (Å²) in [5, 5.41) is 2.47. The van der Waals surface area contributed by atoms with Gasteiger partial charge >= 0.3 is 0 Å². The second kappa shape index (κ2) is 11.7. The highest BCUT2D eigenvalue weighted by Gasteiger charge is 2.35. The minimum absolute atomic E-state index is 0.0399. The number of benzene rings is 7. The first-order valence-electron chi connectivity index (χ1n) is 17.8. The molecule has 0 fully saturated rings. The van der Waals surface area contributed by atoms with Crippen LogP contribution in [0.4, 0.5) is 0 Å². The number of para-hydroxylation sites is 1. The maximum Gasteiger partial charge on any atom is 0.164 e. The van der Waals surface area contributed by atoms with E-state index in [0.29, 0.717) is 17.5 Å². The molecular weight excluding hydrogens is 633 g/mol. The molecule has 0 spiro atoms. The number of fused-ring (bicyclic) bond motifs is 6. The molecule has 0 N–H and O–H groups in total. The van der Waals surface area contributed by atoms with Crippen molar-refractivity contribution in [1.82, 2.24) is 19.5 Å². The van der Waals surface area contributed by atoms with Gasteiger partial charge in [0.1, 0.15) is 0 Å². The van der Waals surface area contributed by atoms with Crippen LogP contribution < -0.4 is 0 Å². The lowest BCUT2D eigenvalue weighted by atomic mass is 9.81. The monoisotopic (exact) mass is 666 g/mol. The fourth-order valence-electron chi connectivity index (χ4n) is 8.01. The minimum atomic E-state index is -0.0399. The molecule has 2 heterocycles. The molecule has 10 rings (SSSR count). The van der Waals surface area contributed by atoms with Gasteiger partial charge in [-0.1, -0.05) is 135 Å². The lowest BCUT2D eigenvalue weighted by Crippen LogP contribution is -2.14. The van der Waals surface area contributed by atoms with Crippen LogP contribution in [0.15, 0.2) is 170 Å². The van der Waals surface area contributed by atoms with Crippen molar-refractivity contribution in [2.75, 3.05) is 0 Å². The summed E-state index contributed by atoms with van der Waals surface area (Å²) in [4.78, 5) is 14.7. The molecule has 246 valence electrons. The number of rotatable bonds is 5. The van der Waals surface area contributed by atoms with Gasteiger partial charge in [-0.05, 0) is 81.9 Å². The third-order valence-electron chi connectivity index (χ3n) is 10.7. The first-order valence-corrected chi connectivity index (χ1v) is 17.8. The molecular formula is C48H34N4. The summed E-state index contributed by atoms with van der Waals surface area (Å²) in [6, 6.07) is 60.2. The van der Waals surface area contributed by atoms with Crippen molar-refractivity contribution < 1.29 is 0 Å². The summed E-state index contributed by atoms with van der Waals surface area (Å²) in [7, 11) is 0. The van der Waals surface area contributed by atoms with E-state index in [0.717, 1.165) is 22.4 Å². The molecule has 0 saturated carbocycles. The third kappa shape index (κ3) is 4.79. The molecule has 1 aliphatic carbocycles. The van der Waals surface area contributed by atoms with Gasteiger partial charge in [0, 0.05) is 38.6 Å². The lowest BCUT2D eigenvalue weighted by Gasteiger charge is -2.22. The van der Waals surface area contributed by atoms with Crippen molar-refractivity contribution in [3.05, 3.63) is 181 Å². The smallest absolute Gasteiger partial charge is 0.164 e. The molecule has 1 aliphatic rings. The van der Waals surface area contributed by atoms with Gasteiger partial charge in [-0.2, -0.15) is 0 Å². The fourth-order valence-corrected chi connectivity index (χ4v) is 8.01. The summed E-state index contributed by atoms with van der Waals surface area (Å²) in [5.74, 6) is 1.96. The summed E-state index contributed by atoms with van der Waals surface area (Å²) in [6.07, 6.45) is 0. The van der Waals surface area contributed by atoms with E-state index in [1.165, 1.54) is 55.2 Å². The van der Waals surface area contributed by atoms with Crippen LogP contribution in [0.3, 0.4) is 0 Å². The van der Waals surface area contributed by atoms with Gasteiger partial charge in [-0.15, -0.1) is 0 Å². The van der Waals surface area contributed by atoms with E-state index >= 15 is 0 Å². The molecule has 0 aliphatic heterocycles. The van der Waals surface area contributed by atoms with E-state index in [1.54, 1.807) is 0 Å². The zero-order valence-electron chi connectivity index (χ0n) is 29.0. The highest BCUT2D eigenvalue weighted by molar-refractivity contribution is 6.10. The average Bonchev–Trinajstić information content (AvgIpc) is 3.66. The second-order valence-electron chi connectivity index (χ2n) is 14.1. The Morgan fingerprint density at radius 2 is 0.885 bits per heavy atom. The van der Waals surface area contributed by atoms with E-state index in [9.17, 15) is 0 Å². The Balaban J connectivity index is 1.06. The Kier molecular flexibility index (Phi) is 6.80. The first-order chi connectivity index (χ1) is 25.5. The normalized spacial score (nSPS) is 13.0. The third-order valence-corrected chi connectivity index (χ3v) is 10.7. The lowest BCUT2D eigenvalue weighted by molar-refractivity contribution is 0.660. The molecule has 0 saturated heterocycles. The Bertz CT molecular complexity index is 2740. The largest absolute Gasteiger partial charge is 0.309 e. The molecule has 0 atom stereocenters. The molecule has 0 amide bonds. The molecule has 2 aromatic heterocycles. The molecule has 0 radical (unpaired) electrons. The number of hydrogen-bond donors (Lipinski definition) is 0. The maximum atomic E-state index is 4.94. The minimum Gasteiger partial charge on any atom is -0.309 e. The topological polar surface area (TPSA) is 43.6 Å². The summed E-state index contributed by atoms with van der Waals surface area (Å²) in [6.45, 7) is 4.68. The van der Waals surface area contributed by atoms with Gasteiger partial charge in [-0.25, -0.2) is 15.0 Å². The molecule has 4 heteroatoms. The van der Waals surface area contributed by atoms with Crippen LogP contribution in [-0.2, 0) is 5.41 Å². The summed E-state index contributed by atoms with van der Waals surface area (Å²) in [5.41, 5.74) is 14.2. The van der Waals surface area contributed by atoms with Crippen molar-refractivity contribution in [2.45, 2.75) is 19.3 Å². The Hall–Kier alpha value is -6.65. The van der Waals surface area contributed by atoms with Crippen molar-refractivity contribution in [3.63, 3.8) is 0 Å². The molecule has 7 aromatic carbocycles. The number of nitrogens with zero attached hydrogens (tertiary/aromatic N) is 4. The fraction of sp³-hybridized carbons (Fsp3) is 0.0625. The van der Waals surface area contributed by atoms with Crippen molar-refractivity contribution >= 4 is 21.8 Å². The highest BCUT2D eigenvalue weighted by atomic mass is 15.0. The van der Waals surface area contributed by atoms with E-state index in [1.807, 2.05) is 60.7 Å². The van der Waals surface area contributed by atoms with Crippen molar-refractivity contribution in [2.24, 2.45) is 0 Å². The summed E-state index contributed by atoms with van der Waals surface area (Å²) >= 11 is 0. The van der Waals surface area contributed by atoms with E-state index in [2.05, 4.69) is 128 Å². The van der Waals surface area contributed by atoms with Crippen LogP contribution in [0, 0.1) is 0 Å². The number of aromatic nitrogens is 4. The maximum absolute atomic E-state index is 4.94. The number of hydrogen-bond acceptors (Lipinski definition) is 3. The van der Waals surface area contributed by atoms with Gasteiger partial charge in [0.05, 0.1) is 11.0 Å². The van der Waals surface area contributed by atoms with E-state index in [-0.39, 0.29) is 5.41 Å². The first kappa shape index (κ1) is 30.2. The summed E-state index contributed by atoms with van der Waals surface area (Å²) < 4.78 is 2.36. The quantitative estimate of drug-likeness (QED) is 0.184. The molecule has 0 unspecified atom stereocenters. The van der Waals surface area contributed by atoms with Crippen LogP contribution in [0.25, 0.3) is 83.9 Å². The van der Waals surface area contributed by atoms with Crippen LogP contribution in [0.1, 0.15) is 25.0 Å². The van der Waals surface area contributed by atoms with Gasteiger partial charge in [0.25, 0.3) is 0 Å². The van der Waals surface area contributed by atoms with E-state index in [4.69, 9.17) is 15.0 Å². The predicted molar refractivity (Wildman–Crippen MR) is 213 cm³/mol. The molecule has 0 bridgehead atoms. The Labute approximate surface area is 302 Å². The van der Waals surface area contributed by atoms with Crippen LogP contribution in [-0.4, -0.2) is 19.5 Å². The van der Waals surface area contributed by atoms with Crippen LogP contribution in [0.5, 0.6) is 0 Å². The molecule has 52 heavy (non-hydrogen) atoms. The second-order valence-corrected chi connectivity index (χ2v) is 14.1. The van der Waals surface area contributed by atoms with Crippen LogP contribution >= 0.6 is 0 Å². The SMILES string of the molecule is CC1(C)c2ccccc2-c2ccc(-c3ccc4c(c3)c3ccccc3n4-c3ccc(-c4nc(-c5ccccc5)nc(-c5ccccc5)n4)cc3)cc21. The zero-order chi connectivity index (χ0) is 34.8. The van der Waals surface area contributed by atoms with Gasteiger partial charge in [0.15, 0.2) is 17.5 Å². The standard InChI is InChI=1S/C48H34N4/c1-48(2)41-19-11-9-17-37(41)38-27-23-35(30-42(38)48)34-24-28-44-40(29-34)39-18-10-12-20-43(39)52(44)36-25-21-33(22-26-36)47-50-45(31-13-5-3-6-14-31)49-46(51-47)32-15-7-4-8-16-32/h3-30H,1-2H3. The highest BCUT2D eigenvalue weighted by Crippen LogP contribution is 2.49. The van der Waals surface area contributed by atoms with Crippen molar-refractivity contribution in [3.8, 4) is 62.1 Å². The molecule has 9 aromatic rings. The van der Waals surface area contributed by atoms with Crippen LogP contribution in [0.2, 0.25) is 0 Å². The van der Waals surface area contributed by atoms with E-state index < -0.39 is 0 Å². The van der Waals surface area contributed by atoms with Gasteiger partial charge < -0.3 is 4.57 Å². The van der Waals surface area contributed by atoms with Gasteiger partial charge in [0.2, 0.25) is 0 Å². The molecule has 4 nitrogen and oxygen atoms in total. The van der Waals surface area contributed by atoms with Gasteiger partial charge in [-0.3, -0.25) is 0 Å². The zero-order valence-corrected chi connectivity index (χ0v) is 29.0. The Morgan fingerprint density at radius 3 is 1.58 bits per heavy atom. The average molecular weight is 667 g/mol.